The fraction of sp³-hybridized carbons (Fsp3) is 0.267. The molecule has 0 bridgehead atoms. The second-order valence-electron chi connectivity index (χ2n) is 5.48. The second kappa shape index (κ2) is 5.04. The van der Waals surface area contributed by atoms with Crippen molar-refractivity contribution in [2.24, 2.45) is 0 Å². The second-order valence-corrected chi connectivity index (χ2v) is 9.84. The van der Waals surface area contributed by atoms with Crippen molar-refractivity contribution >= 4 is 57.9 Å². The first kappa shape index (κ1) is 14.2. The zero-order chi connectivity index (χ0) is 15.3. The lowest BCUT2D eigenvalue weighted by atomic mass is 10.2. The molecule has 0 radical (unpaired) electrons. The molecule has 2 aromatic heterocycles. The molecule has 0 spiro atoms. The first-order valence-corrected chi connectivity index (χ1v) is 10.4. The van der Waals surface area contributed by atoms with Crippen molar-refractivity contribution < 1.29 is 13.2 Å². The van der Waals surface area contributed by atoms with Crippen LogP contribution in [0.1, 0.15) is 16.1 Å². The van der Waals surface area contributed by atoms with Gasteiger partial charge in [0.05, 0.1) is 21.1 Å². The lowest BCUT2D eigenvalue weighted by Gasteiger charge is -2.09. The number of amides is 1. The molecule has 1 fully saturated rings. The predicted octanol–water partition coefficient (Wildman–Crippen LogP) is 3.03. The molecule has 114 valence electrons. The van der Waals surface area contributed by atoms with Gasteiger partial charge in [-0.2, -0.15) is 0 Å². The number of carbonyl (C=O) groups excluding carboxylic acids is 1. The third kappa shape index (κ3) is 2.43. The SMILES string of the molecule is O=C(NC1CCS(=O)(=O)C1)c1cc2sc3ccccc3c2s1. The molecular formula is C15H13NO3S3. The number of rotatable bonds is 2. The molecule has 7 heteroatoms. The summed E-state index contributed by atoms with van der Waals surface area (Å²) in [6.07, 6.45) is 0.511. The van der Waals surface area contributed by atoms with E-state index in [0.29, 0.717) is 11.3 Å². The van der Waals surface area contributed by atoms with Gasteiger partial charge in [-0.15, -0.1) is 22.7 Å². The topological polar surface area (TPSA) is 63.2 Å². The molecule has 4 rings (SSSR count). The standard InChI is InChI=1S/C15H13NO3S3/c17-15(16-9-5-6-22(18,19)8-9)13-7-12-14(21-13)10-3-1-2-4-11(10)20-12/h1-4,7,9H,5-6,8H2,(H,16,17). The molecule has 0 saturated carbocycles. The number of hydrogen-bond donors (Lipinski definition) is 1. The van der Waals surface area contributed by atoms with Gasteiger partial charge in [0.25, 0.3) is 5.91 Å². The molecule has 1 unspecified atom stereocenters. The average Bonchev–Trinajstić information content (AvgIpc) is 3.11. The van der Waals surface area contributed by atoms with Gasteiger partial charge in [0.2, 0.25) is 0 Å². The minimum atomic E-state index is -2.98. The molecule has 1 aliphatic rings. The van der Waals surface area contributed by atoms with E-state index in [9.17, 15) is 13.2 Å². The summed E-state index contributed by atoms with van der Waals surface area (Å²) in [5, 5.41) is 4.02. The highest BCUT2D eigenvalue weighted by Crippen LogP contribution is 2.39. The van der Waals surface area contributed by atoms with Crippen molar-refractivity contribution in [3.8, 4) is 0 Å². The first-order valence-electron chi connectivity index (χ1n) is 6.94. The fourth-order valence-electron chi connectivity index (χ4n) is 2.78. The molecule has 1 aliphatic heterocycles. The van der Waals surface area contributed by atoms with E-state index in [-0.39, 0.29) is 23.5 Å². The molecule has 1 saturated heterocycles. The number of sulfone groups is 1. The number of thiophene rings is 2. The Bertz CT molecular complexity index is 984. The minimum Gasteiger partial charge on any atom is -0.348 e. The van der Waals surface area contributed by atoms with Gasteiger partial charge in [-0.25, -0.2) is 8.42 Å². The summed E-state index contributed by atoms with van der Waals surface area (Å²) in [6.45, 7) is 0. The van der Waals surface area contributed by atoms with E-state index in [2.05, 4.69) is 17.4 Å². The molecule has 1 amide bonds. The van der Waals surface area contributed by atoms with E-state index in [1.807, 2.05) is 18.2 Å². The average molecular weight is 351 g/mol. The van der Waals surface area contributed by atoms with Gasteiger partial charge in [0.15, 0.2) is 9.84 Å². The van der Waals surface area contributed by atoms with E-state index in [1.165, 1.54) is 21.4 Å². The number of nitrogens with one attached hydrogen (secondary N) is 1. The van der Waals surface area contributed by atoms with Crippen molar-refractivity contribution in [3.05, 3.63) is 35.2 Å². The van der Waals surface area contributed by atoms with Gasteiger partial charge in [-0.3, -0.25) is 4.79 Å². The summed E-state index contributed by atoms with van der Waals surface area (Å²) in [5.74, 6) is 0.0587. The van der Waals surface area contributed by atoms with Crippen molar-refractivity contribution in [1.29, 1.82) is 0 Å². The maximum Gasteiger partial charge on any atom is 0.261 e. The van der Waals surface area contributed by atoms with E-state index >= 15 is 0 Å². The largest absolute Gasteiger partial charge is 0.348 e. The van der Waals surface area contributed by atoms with Gasteiger partial charge in [-0.05, 0) is 18.6 Å². The van der Waals surface area contributed by atoms with Crippen LogP contribution in [0.2, 0.25) is 0 Å². The highest BCUT2D eigenvalue weighted by Gasteiger charge is 2.29. The number of hydrogen-bond acceptors (Lipinski definition) is 5. The third-order valence-electron chi connectivity index (χ3n) is 3.84. The maximum absolute atomic E-state index is 12.3. The van der Waals surface area contributed by atoms with Crippen LogP contribution in [0.4, 0.5) is 0 Å². The number of carbonyl (C=O) groups is 1. The molecule has 3 aromatic rings. The van der Waals surface area contributed by atoms with Gasteiger partial charge in [-0.1, -0.05) is 18.2 Å². The first-order chi connectivity index (χ1) is 10.5. The Hall–Kier alpha value is -1.44. The number of benzene rings is 1. The Morgan fingerprint density at radius 1 is 1.18 bits per heavy atom. The van der Waals surface area contributed by atoms with Crippen LogP contribution >= 0.6 is 22.7 Å². The van der Waals surface area contributed by atoms with E-state index in [0.717, 1.165) is 9.40 Å². The van der Waals surface area contributed by atoms with Crippen LogP contribution in [-0.2, 0) is 9.84 Å². The van der Waals surface area contributed by atoms with Gasteiger partial charge in [0.1, 0.15) is 0 Å². The van der Waals surface area contributed by atoms with Crippen LogP contribution in [0, 0.1) is 0 Å². The maximum atomic E-state index is 12.3. The van der Waals surface area contributed by atoms with Crippen LogP contribution < -0.4 is 5.32 Å². The van der Waals surface area contributed by atoms with Crippen LogP contribution in [0.3, 0.4) is 0 Å². The lowest BCUT2D eigenvalue weighted by molar-refractivity contribution is 0.0945. The predicted molar refractivity (Wildman–Crippen MR) is 91.7 cm³/mol. The van der Waals surface area contributed by atoms with E-state index in [4.69, 9.17) is 0 Å². The lowest BCUT2D eigenvalue weighted by Crippen LogP contribution is -2.35. The summed E-state index contributed by atoms with van der Waals surface area (Å²) in [7, 11) is -2.98. The Morgan fingerprint density at radius 3 is 2.77 bits per heavy atom. The fourth-order valence-corrected chi connectivity index (χ4v) is 6.88. The number of fused-ring (bicyclic) bond motifs is 3. The normalized spacial score (nSPS) is 20.6. The zero-order valence-electron chi connectivity index (χ0n) is 11.5. The van der Waals surface area contributed by atoms with Crippen molar-refractivity contribution in [2.75, 3.05) is 11.5 Å². The summed E-state index contributed by atoms with van der Waals surface area (Å²) in [5.41, 5.74) is 0. The summed E-state index contributed by atoms with van der Waals surface area (Å²) < 4.78 is 26.4. The molecule has 0 aliphatic carbocycles. The summed E-state index contributed by atoms with van der Waals surface area (Å²) in [6, 6.07) is 9.80. The third-order valence-corrected chi connectivity index (χ3v) is 8.02. The highest BCUT2D eigenvalue weighted by atomic mass is 32.2. The quantitative estimate of drug-likeness (QED) is 0.772. The van der Waals surface area contributed by atoms with Crippen LogP contribution in [0.5, 0.6) is 0 Å². The summed E-state index contributed by atoms with van der Waals surface area (Å²) >= 11 is 3.15. The van der Waals surface area contributed by atoms with Crippen molar-refractivity contribution in [3.63, 3.8) is 0 Å². The molecule has 1 atom stereocenters. The molecular weight excluding hydrogens is 338 g/mol. The van der Waals surface area contributed by atoms with Crippen LogP contribution in [-0.4, -0.2) is 31.9 Å². The Morgan fingerprint density at radius 2 is 2.00 bits per heavy atom. The van der Waals surface area contributed by atoms with E-state index in [1.54, 1.807) is 11.3 Å². The van der Waals surface area contributed by atoms with E-state index < -0.39 is 9.84 Å². The minimum absolute atomic E-state index is 0.0570. The monoisotopic (exact) mass is 351 g/mol. The smallest absolute Gasteiger partial charge is 0.261 e. The highest BCUT2D eigenvalue weighted by molar-refractivity contribution is 7.91. The zero-order valence-corrected chi connectivity index (χ0v) is 14.0. The Labute approximate surface area is 135 Å². The van der Waals surface area contributed by atoms with Gasteiger partial charge >= 0.3 is 0 Å². The van der Waals surface area contributed by atoms with Crippen molar-refractivity contribution in [2.45, 2.75) is 12.5 Å². The van der Waals surface area contributed by atoms with Crippen LogP contribution in [0.25, 0.3) is 19.5 Å². The Kier molecular flexibility index (Phi) is 3.25. The Balaban J connectivity index is 1.62. The molecule has 1 N–H and O–H groups in total. The summed E-state index contributed by atoms with van der Waals surface area (Å²) in [4.78, 5) is 13.0. The molecule has 1 aromatic carbocycles. The van der Waals surface area contributed by atoms with Gasteiger partial charge in [0, 0.05) is 20.8 Å². The van der Waals surface area contributed by atoms with Gasteiger partial charge < -0.3 is 5.32 Å². The molecule has 3 heterocycles. The molecule has 22 heavy (non-hydrogen) atoms. The van der Waals surface area contributed by atoms with Crippen molar-refractivity contribution in [1.82, 2.24) is 5.32 Å². The molecule has 4 nitrogen and oxygen atoms in total. The van der Waals surface area contributed by atoms with Crippen LogP contribution in [0.15, 0.2) is 30.3 Å².